The monoisotopic (exact) mass is 2010 g/mol. The Morgan fingerprint density at radius 1 is 0.329 bits per heavy atom. The predicted molar refractivity (Wildman–Crippen MR) is 649 cm³/mol. The first kappa shape index (κ1) is 124. The van der Waals surface area contributed by atoms with Gasteiger partial charge in [0.15, 0.2) is 11.3 Å². The Hall–Kier alpha value is -9.14. The summed E-state index contributed by atoms with van der Waals surface area (Å²) in [6.45, 7) is 90.9. The zero-order chi connectivity index (χ0) is 109. The quantitative estimate of drug-likeness (QED) is 0.110. The van der Waals surface area contributed by atoms with Crippen LogP contribution in [0.3, 0.4) is 0 Å². The van der Waals surface area contributed by atoms with Gasteiger partial charge >= 0.3 is 0 Å². The van der Waals surface area contributed by atoms with Crippen LogP contribution >= 0.6 is 23.5 Å². The Bertz CT molecular complexity index is 5500. The van der Waals surface area contributed by atoms with E-state index in [9.17, 15) is 4.79 Å². The molecule has 146 heavy (non-hydrogen) atoms. The molecule has 1 N–H and O–H groups in total. The number of ether oxygens (including phenoxy) is 1. The molecule has 0 saturated heterocycles. The number of ketones is 1. The Morgan fingerprint density at radius 3 is 1.22 bits per heavy atom. The summed E-state index contributed by atoms with van der Waals surface area (Å²) in [4.78, 5) is 14.2. The van der Waals surface area contributed by atoms with Gasteiger partial charge in [-0.1, -0.05) is 491 Å². The van der Waals surface area contributed by atoms with Crippen LogP contribution in [-0.2, 0) is 19.9 Å². The van der Waals surface area contributed by atoms with Gasteiger partial charge in [0, 0.05) is 78.0 Å². The topological polar surface area (TPSA) is 55.1 Å². The van der Waals surface area contributed by atoms with Crippen molar-refractivity contribution in [3.05, 3.63) is 359 Å². The van der Waals surface area contributed by atoms with Crippen molar-refractivity contribution in [1.82, 2.24) is 4.37 Å². The molecule has 5 nitrogen and oxygen atoms in total. The van der Waals surface area contributed by atoms with Crippen molar-refractivity contribution < 1.29 is 13.5 Å². The van der Waals surface area contributed by atoms with Crippen molar-refractivity contribution in [3.63, 3.8) is 0 Å². The van der Waals surface area contributed by atoms with E-state index < -0.39 is 0 Å². The lowest BCUT2D eigenvalue weighted by molar-refractivity contribution is -0.573. The maximum atomic E-state index is 12.7. The number of Topliss-reactive ketones (excluding diaryl/α,β-unsaturated/α-hetero) is 1. The number of aromatic nitrogens is 2. The third-order valence-corrected chi connectivity index (χ3v) is 32.0. The summed E-state index contributed by atoms with van der Waals surface area (Å²) in [5.74, 6) is 13.9. The summed E-state index contributed by atoms with van der Waals surface area (Å²) in [7, 11) is 2.09. The van der Waals surface area contributed by atoms with E-state index >= 15 is 0 Å². The fourth-order valence-electron chi connectivity index (χ4n) is 21.2. The average Bonchev–Trinajstić information content (AvgIpc) is 1.60. The number of nitrogens with zero attached hydrogens (tertiary/aromatic N) is 2. The van der Waals surface area contributed by atoms with Crippen molar-refractivity contribution in [3.8, 4) is 5.75 Å². The molecule has 3 aliphatic heterocycles. The van der Waals surface area contributed by atoms with E-state index in [2.05, 4.69) is 445 Å². The second-order valence-corrected chi connectivity index (χ2v) is 46.2. The van der Waals surface area contributed by atoms with Crippen LogP contribution in [0.15, 0.2) is 269 Å². The third-order valence-electron chi connectivity index (χ3n) is 30.0. The van der Waals surface area contributed by atoms with Crippen LogP contribution in [0.2, 0.25) is 0 Å². The fraction of sp³-hybridized carbons (Fsp3) is 0.518. The molecule has 0 saturated carbocycles. The van der Waals surface area contributed by atoms with Gasteiger partial charge in [0.2, 0.25) is 5.52 Å². The predicted octanol–water partition coefficient (Wildman–Crippen LogP) is 41.4. The maximum absolute atomic E-state index is 12.7. The van der Waals surface area contributed by atoms with Crippen molar-refractivity contribution >= 4 is 46.0 Å². The zero-order valence-electron chi connectivity index (χ0n) is 99.6. The Balaban J connectivity index is 0.000000226. The van der Waals surface area contributed by atoms with Crippen molar-refractivity contribution in [2.45, 2.75) is 415 Å². The molecule has 12 aliphatic rings. The highest BCUT2D eigenvalue weighted by atomic mass is 32.2. The zero-order valence-corrected chi connectivity index (χ0v) is 101. The number of allylic oxidation sites excluding steroid dienone is 19. The first-order chi connectivity index (χ1) is 69.8. The minimum atomic E-state index is 0.0230. The van der Waals surface area contributed by atoms with Gasteiger partial charge in [-0.05, 0) is 250 Å². The normalized spacial score (nSPS) is 21.0. The molecule has 0 bridgehead atoms. The molecule has 4 heterocycles. The number of nitrogens with one attached hydrogen (secondary N) is 1. The summed E-state index contributed by atoms with van der Waals surface area (Å²) in [5.41, 5.74) is 36.4. The minimum Gasteiger partial charge on any atom is -0.485 e. The summed E-state index contributed by atoms with van der Waals surface area (Å²) < 4.78 is 12.9. The number of anilines is 1. The van der Waals surface area contributed by atoms with Crippen LogP contribution in [0.5, 0.6) is 5.75 Å². The van der Waals surface area contributed by atoms with Crippen molar-refractivity contribution in [2.24, 2.45) is 60.3 Å². The number of benzene rings is 7. The summed E-state index contributed by atoms with van der Waals surface area (Å²) in [5, 5.41) is 4.30. The van der Waals surface area contributed by atoms with Crippen LogP contribution in [0.1, 0.15) is 479 Å². The Kier molecular flexibility index (Phi) is 49.9. The molecule has 0 amide bonds. The van der Waals surface area contributed by atoms with Gasteiger partial charge in [0.25, 0.3) is 11.7 Å². The van der Waals surface area contributed by atoms with Crippen LogP contribution in [0, 0.1) is 53.3 Å². The molecule has 0 radical (unpaired) electrons. The fourth-order valence-corrected chi connectivity index (χ4v) is 23.3. The van der Waals surface area contributed by atoms with E-state index in [1.54, 1.807) is 34.0 Å². The number of aryl methyl sites for hydroxylation is 2. The molecule has 0 fully saturated rings. The number of carbonyl (C=O) groups excluding carboxylic acids is 1. The molecular formula is C139H200N3O2S2+. The van der Waals surface area contributed by atoms with E-state index in [-0.39, 0.29) is 17.9 Å². The standard InChI is InChI=1S/C20H26.C19H22O.C19H24.C18H23N.C18H22O.C18H22S.C13H19N2S.7C2H6/c1-13(2)15-7-9-19-17(11-15)5-6-18-12-16(14(3)4)8-10-20(18)19;1-11(2)13-5-7-15-16-8-6-14(12(3)4)10-18(16)19(20)17(15)9-13;1-12(2)14-5-7-18-16(9-14)11-17-10-15(13(3)4)6-8-19(17)18;3*1-11(2)13-5-7-15-16-8-6-14(12(3)4)10-18(16)19-17(15)9-13;1-8(2)10-6-7-11(9(3)4)13-12(10)14-16-15(13)5;7*1-2/h7-14,17,19H,5-6H2,1-4H3;5-12,15,17H,1-4H3;5-10,12-13,16,18H,11H2,1-4H3;5-12,15,17,19H,1-4H3;2*5-12,15,17H,1-4H3;6-9H,1-5H3;7*1-2H3/q;;;;;;+1;;;;;;;. The summed E-state index contributed by atoms with van der Waals surface area (Å²) in [6.07, 6.45) is 46.4. The summed E-state index contributed by atoms with van der Waals surface area (Å²) in [6, 6.07) is 46.4. The van der Waals surface area contributed by atoms with Gasteiger partial charge in [-0.3, -0.25) is 4.79 Å². The molecule has 794 valence electrons. The lowest BCUT2D eigenvalue weighted by Gasteiger charge is -2.34. The minimum absolute atomic E-state index is 0.0230. The smallest absolute Gasteiger partial charge is 0.277 e. The van der Waals surface area contributed by atoms with E-state index in [0.29, 0.717) is 135 Å². The number of hydrogen-bond donors (Lipinski definition) is 1. The largest absolute Gasteiger partial charge is 0.485 e. The highest BCUT2D eigenvalue weighted by Gasteiger charge is 2.41. The molecule has 9 aliphatic carbocycles. The Labute approximate surface area is 902 Å². The van der Waals surface area contributed by atoms with Gasteiger partial charge in [0.1, 0.15) is 11.9 Å². The molecule has 0 spiro atoms. The Morgan fingerprint density at radius 2 is 0.712 bits per heavy atom. The maximum Gasteiger partial charge on any atom is 0.277 e. The van der Waals surface area contributed by atoms with Crippen LogP contribution in [-0.4, -0.2) is 27.6 Å². The van der Waals surface area contributed by atoms with Gasteiger partial charge in [-0.2, -0.15) is 3.96 Å². The molecule has 12 atom stereocenters. The van der Waals surface area contributed by atoms with Gasteiger partial charge in [-0.15, -0.1) is 11.8 Å². The number of thioether (sulfide) groups is 1. The molecule has 20 rings (SSSR count). The van der Waals surface area contributed by atoms with Crippen LogP contribution in [0.25, 0.3) is 11.0 Å². The number of carbonyl (C=O) groups is 1. The molecule has 12 unspecified atom stereocenters. The average molecular weight is 2010 g/mol. The molecule has 8 aromatic rings. The van der Waals surface area contributed by atoms with Gasteiger partial charge < -0.3 is 10.1 Å². The van der Waals surface area contributed by atoms with E-state index in [1.165, 1.54) is 141 Å². The summed E-state index contributed by atoms with van der Waals surface area (Å²) >= 11 is 3.59. The SMILES string of the molecule is CC.CC.CC.CC.CC.CC.CC.CC(C)C1=CC2C(=O)c3cc(C(C)C)ccc3C2C=C1.CC(C)C1=CC2CCc3cc(C(C)C)ccc3C2C=C1.CC(C)C1=CC2Cc3cc(C(C)C)ccc3C2C=C1.CC(C)C1=CC2Nc3cc(C(C)C)ccc3C2C=C1.CC(C)C1=CC2Oc3cc(C(C)C)ccc3C2C=C1.CC(C)C1=CC2Sc3cc(C(C)C)ccc3C2C=C1.CC(C)c1ccc(C(C)C)c2c1ns[n+]2C. The molecule has 7 heteroatoms. The van der Waals surface area contributed by atoms with Crippen LogP contribution < -0.4 is 14.0 Å². The first-order valence-corrected chi connectivity index (χ1v) is 59.5. The number of rotatable bonds is 14. The first-order valence-electron chi connectivity index (χ1n) is 57.9. The highest BCUT2D eigenvalue weighted by Crippen LogP contribution is 2.53. The van der Waals surface area contributed by atoms with E-state index in [4.69, 9.17) is 4.74 Å². The lowest BCUT2D eigenvalue weighted by atomic mass is 9.71. The van der Waals surface area contributed by atoms with E-state index in [1.807, 2.05) is 109 Å². The number of hydrogen-bond acceptors (Lipinski definition) is 6. The second kappa shape index (κ2) is 58.9. The second-order valence-electron chi connectivity index (χ2n) is 44.1. The van der Waals surface area contributed by atoms with E-state index in [0.717, 1.165) is 17.2 Å². The molecule has 1 aromatic heterocycles. The molecular weight excluding hydrogens is 1810 g/mol. The molecule has 7 aromatic carbocycles. The van der Waals surface area contributed by atoms with Gasteiger partial charge in [-0.25, -0.2) is 0 Å². The third kappa shape index (κ3) is 30.4. The van der Waals surface area contributed by atoms with Crippen molar-refractivity contribution in [1.29, 1.82) is 0 Å². The number of fused-ring (bicyclic) bond motifs is 19. The van der Waals surface area contributed by atoms with Gasteiger partial charge in [0.05, 0.1) is 19.0 Å². The van der Waals surface area contributed by atoms with Crippen molar-refractivity contribution in [2.75, 3.05) is 5.32 Å². The lowest BCUT2D eigenvalue weighted by Crippen LogP contribution is -2.23. The van der Waals surface area contributed by atoms with Crippen LogP contribution in [0.4, 0.5) is 5.69 Å². The highest BCUT2D eigenvalue weighted by molar-refractivity contribution is 8.00.